The van der Waals surface area contributed by atoms with Gasteiger partial charge in [0, 0.05) is 17.1 Å². The van der Waals surface area contributed by atoms with Crippen molar-refractivity contribution >= 4 is 29.2 Å². The number of nitrogens with one attached hydrogen (secondary N) is 2. The molecule has 2 aromatic carbocycles. The number of ether oxygens (including phenoxy) is 1. The third-order valence-corrected chi connectivity index (χ3v) is 3.68. The molecular formula is C20H18N4O3. The number of nitrogens with zero attached hydrogens (tertiary/aromatic N) is 2. The number of benzene rings is 2. The molecule has 0 saturated heterocycles. The van der Waals surface area contributed by atoms with E-state index in [4.69, 9.17) is 0 Å². The average molecular weight is 362 g/mol. The van der Waals surface area contributed by atoms with Gasteiger partial charge in [0.2, 0.25) is 5.95 Å². The van der Waals surface area contributed by atoms with Crippen LogP contribution in [0.25, 0.3) is 0 Å². The summed E-state index contributed by atoms with van der Waals surface area (Å²) in [6.45, 7) is 1.78. The third-order valence-electron chi connectivity index (χ3n) is 3.68. The van der Waals surface area contributed by atoms with Crippen LogP contribution in [0.1, 0.15) is 26.5 Å². The van der Waals surface area contributed by atoms with E-state index in [9.17, 15) is 9.59 Å². The van der Waals surface area contributed by atoms with Crippen molar-refractivity contribution in [1.29, 1.82) is 0 Å². The minimum atomic E-state index is -0.409. The lowest BCUT2D eigenvalue weighted by Gasteiger charge is -2.09. The Bertz CT molecular complexity index is 957. The van der Waals surface area contributed by atoms with Gasteiger partial charge in [-0.05, 0) is 49.4 Å². The van der Waals surface area contributed by atoms with E-state index in [-0.39, 0.29) is 11.6 Å². The molecule has 1 aromatic heterocycles. The van der Waals surface area contributed by atoms with Crippen LogP contribution in [0, 0.1) is 6.92 Å². The molecule has 0 fully saturated rings. The van der Waals surface area contributed by atoms with Gasteiger partial charge < -0.3 is 15.4 Å². The van der Waals surface area contributed by atoms with Crippen molar-refractivity contribution in [2.45, 2.75) is 6.92 Å². The highest BCUT2D eigenvalue weighted by atomic mass is 16.5. The number of carbonyl (C=O) groups is 2. The van der Waals surface area contributed by atoms with Crippen LogP contribution in [-0.2, 0) is 4.74 Å². The maximum absolute atomic E-state index is 12.4. The molecule has 2 N–H and O–H groups in total. The first-order valence-corrected chi connectivity index (χ1v) is 8.22. The van der Waals surface area contributed by atoms with Crippen molar-refractivity contribution in [2.75, 3.05) is 17.7 Å². The number of rotatable bonds is 5. The molecule has 136 valence electrons. The van der Waals surface area contributed by atoms with E-state index in [2.05, 4.69) is 25.3 Å². The molecule has 0 atom stereocenters. The van der Waals surface area contributed by atoms with Crippen molar-refractivity contribution in [3.05, 3.63) is 77.6 Å². The molecular weight excluding hydrogens is 344 g/mol. The van der Waals surface area contributed by atoms with Crippen molar-refractivity contribution in [3.63, 3.8) is 0 Å². The lowest BCUT2D eigenvalue weighted by Crippen LogP contribution is -2.15. The molecule has 3 aromatic rings. The monoisotopic (exact) mass is 362 g/mol. The number of aryl methyl sites for hydroxylation is 1. The number of anilines is 3. The number of hydrogen-bond donors (Lipinski definition) is 2. The molecule has 0 spiro atoms. The van der Waals surface area contributed by atoms with E-state index >= 15 is 0 Å². The van der Waals surface area contributed by atoms with E-state index in [1.807, 2.05) is 18.2 Å². The number of carbonyl (C=O) groups excluding carboxylic acids is 2. The Morgan fingerprint density at radius 3 is 2.30 bits per heavy atom. The quantitative estimate of drug-likeness (QED) is 0.674. The Labute approximate surface area is 156 Å². The van der Waals surface area contributed by atoms with Gasteiger partial charge in [-0.1, -0.05) is 18.2 Å². The fraction of sp³-hybridized carbons (Fsp3) is 0.100. The van der Waals surface area contributed by atoms with E-state index in [0.717, 1.165) is 0 Å². The van der Waals surface area contributed by atoms with Crippen molar-refractivity contribution < 1.29 is 14.3 Å². The summed E-state index contributed by atoms with van der Waals surface area (Å²) in [6, 6.07) is 17.4. The largest absolute Gasteiger partial charge is 0.465 e. The molecule has 0 unspecified atom stereocenters. The molecule has 1 heterocycles. The summed E-state index contributed by atoms with van der Waals surface area (Å²) >= 11 is 0. The van der Waals surface area contributed by atoms with E-state index < -0.39 is 5.97 Å². The number of esters is 1. The van der Waals surface area contributed by atoms with Gasteiger partial charge >= 0.3 is 5.97 Å². The fourth-order valence-electron chi connectivity index (χ4n) is 2.39. The summed E-state index contributed by atoms with van der Waals surface area (Å²) < 4.78 is 4.67. The summed E-state index contributed by atoms with van der Waals surface area (Å²) in [4.78, 5) is 32.5. The zero-order valence-corrected chi connectivity index (χ0v) is 14.9. The van der Waals surface area contributed by atoms with Gasteiger partial charge in [-0.25, -0.2) is 14.8 Å². The second-order valence-corrected chi connectivity index (χ2v) is 5.73. The van der Waals surface area contributed by atoms with Gasteiger partial charge in [0.15, 0.2) is 0 Å². The molecule has 3 rings (SSSR count). The van der Waals surface area contributed by atoms with Crippen LogP contribution in [0.5, 0.6) is 0 Å². The minimum absolute atomic E-state index is 0.250. The maximum Gasteiger partial charge on any atom is 0.337 e. The molecule has 7 heteroatoms. The maximum atomic E-state index is 12.4. The number of para-hydroxylation sites is 1. The summed E-state index contributed by atoms with van der Waals surface area (Å²) in [6.07, 6.45) is 0. The molecule has 27 heavy (non-hydrogen) atoms. The van der Waals surface area contributed by atoms with Gasteiger partial charge in [0.25, 0.3) is 5.91 Å². The topological polar surface area (TPSA) is 93.2 Å². The average Bonchev–Trinajstić information content (AvgIpc) is 2.68. The smallest absolute Gasteiger partial charge is 0.337 e. The predicted molar refractivity (Wildman–Crippen MR) is 102 cm³/mol. The first-order valence-electron chi connectivity index (χ1n) is 8.22. The van der Waals surface area contributed by atoms with Crippen LogP contribution in [0.4, 0.5) is 17.3 Å². The molecule has 0 radical (unpaired) electrons. The molecule has 0 bridgehead atoms. The summed E-state index contributed by atoms with van der Waals surface area (Å²) in [5, 5.41) is 5.83. The van der Waals surface area contributed by atoms with Gasteiger partial charge in [0.1, 0.15) is 5.69 Å². The van der Waals surface area contributed by atoms with Gasteiger partial charge in [-0.2, -0.15) is 0 Å². The second kappa shape index (κ2) is 8.09. The molecule has 0 saturated carbocycles. The number of amides is 1. The highest BCUT2D eigenvalue weighted by Crippen LogP contribution is 2.16. The van der Waals surface area contributed by atoms with Crippen LogP contribution >= 0.6 is 0 Å². The molecule has 0 aliphatic carbocycles. The molecule has 0 aliphatic rings. The highest BCUT2D eigenvalue weighted by Gasteiger charge is 2.11. The predicted octanol–water partition coefficient (Wildman–Crippen LogP) is 3.57. The standard InChI is InChI=1S/C20H18N4O3/c1-13-12-17(18(25)22-15-6-4-3-5-7-15)24-20(21-13)23-16-10-8-14(9-11-16)19(26)27-2/h3-12H,1-2H3,(H,22,25)(H,21,23,24). The first-order chi connectivity index (χ1) is 13.0. The lowest BCUT2D eigenvalue weighted by atomic mass is 10.2. The van der Waals surface area contributed by atoms with E-state index in [1.54, 1.807) is 49.4 Å². The summed E-state index contributed by atoms with van der Waals surface area (Å²) in [5.41, 5.74) is 2.71. The van der Waals surface area contributed by atoms with E-state index in [0.29, 0.717) is 28.6 Å². The molecule has 0 aliphatic heterocycles. The van der Waals surface area contributed by atoms with Crippen LogP contribution in [-0.4, -0.2) is 29.0 Å². The Kier molecular flexibility index (Phi) is 5.41. The second-order valence-electron chi connectivity index (χ2n) is 5.73. The number of hydrogen-bond acceptors (Lipinski definition) is 6. The number of aromatic nitrogens is 2. The summed E-state index contributed by atoms with van der Waals surface area (Å²) in [7, 11) is 1.33. The van der Waals surface area contributed by atoms with Crippen molar-refractivity contribution in [1.82, 2.24) is 9.97 Å². The van der Waals surface area contributed by atoms with E-state index in [1.165, 1.54) is 7.11 Å². The van der Waals surface area contributed by atoms with Crippen LogP contribution in [0.2, 0.25) is 0 Å². The Balaban J connectivity index is 1.77. The minimum Gasteiger partial charge on any atom is -0.465 e. The van der Waals surface area contributed by atoms with Crippen molar-refractivity contribution in [2.24, 2.45) is 0 Å². The SMILES string of the molecule is COC(=O)c1ccc(Nc2nc(C)cc(C(=O)Nc3ccccc3)n2)cc1. The Morgan fingerprint density at radius 1 is 0.926 bits per heavy atom. The number of methoxy groups -OCH3 is 1. The van der Waals surface area contributed by atoms with Gasteiger partial charge in [-0.3, -0.25) is 4.79 Å². The lowest BCUT2D eigenvalue weighted by molar-refractivity contribution is 0.0600. The Hall–Kier alpha value is -3.74. The zero-order valence-electron chi connectivity index (χ0n) is 14.9. The molecule has 7 nitrogen and oxygen atoms in total. The van der Waals surface area contributed by atoms with Crippen LogP contribution in [0.3, 0.4) is 0 Å². The van der Waals surface area contributed by atoms with Crippen LogP contribution < -0.4 is 10.6 Å². The summed E-state index contributed by atoms with van der Waals surface area (Å²) in [5.74, 6) is -0.442. The Morgan fingerprint density at radius 2 is 1.63 bits per heavy atom. The first kappa shape index (κ1) is 18.1. The fourth-order valence-corrected chi connectivity index (χ4v) is 2.39. The zero-order chi connectivity index (χ0) is 19.2. The highest BCUT2D eigenvalue weighted by molar-refractivity contribution is 6.03. The van der Waals surface area contributed by atoms with Crippen molar-refractivity contribution in [3.8, 4) is 0 Å². The van der Waals surface area contributed by atoms with Crippen LogP contribution in [0.15, 0.2) is 60.7 Å². The molecule has 1 amide bonds. The van der Waals surface area contributed by atoms with Gasteiger partial charge in [0.05, 0.1) is 12.7 Å². The third kappa shape index (κ3) is 4.66. The normalized spacial score (nSPS) is 10.1. The van der Waals surface area contributed by atoms with Gasteiger partial charge in [-0.15, -0.1) is 0 Å².